The number of hydrogen-bond donors (Lipinski definition) is 2. The van der Waals surface area contributed by atoms with Crippen molar-refractivity contribution in [1.82, 2.24) is 14.9 Å². The van der Waals surface area contributed by atoms with Gasteiger partial charge in [0.1, 0.15) is 23.1 Å². The monoisotopic (exact) mass is 494 g/mol. The number of carbonyl (C=O) groups excluding carboxylic acids is 2. The van der Waals surface area contributed by atoms with E-state index in [0.29, 0.717) is 48.5 Å². The van der Waals surface area contributed by atoms with E-state index in [-0.39, 0.29) is 34.9 Å². The highest BCUT2D eigenvalue weighted by atomic mass is 16.5. The number of nitrogens with zero attached hydrogens (tertiary/aromatic N) is 4. The molecule has 2 aromatic rings. The second kappa shape index (κ2) is 11.3. The zero-order valence-electron chi connectivity index (χ0n) is 21.5. The highest BCUT2D eigenvalue weighted by Crippen LogP contribution is 2.31. The maximum atomic E-state index is 12.9. The second-order valence-corrected chi connectivity index (χ2v) is 9.48. The molecule has 0 atom stereocenters. The van der Waals surface area contributed by atoms with Gasteiger partial charge in [-0.15, -0.1) is 0 Å². The summed E-state index contributed by atoms with van der Waals surface area (Å²) >= 11 is 0. The van der Waals surface area contributed by atoms with Crippen molar-refractivity contribution >= 4 is 29.5 Å². The number of amides is 1. The fourth-order valence-electron chi connectivity index (χ4n) is 3.91. The van der Waals surface area contributed by atoms with Gasteiger partial charge in [0.15, 0.2) is 0 Å². The Balaban J connectivity index is 2.06. The Kier molecular flexibility index (Phi) is 8.41. The Labute approximate surface area is 210 Å². The van der Waals surface area contributed by atoms with Crippen LogP contribution in [0.3, 0.4) is 0 Å². The van der Waals surface area contributed by atoms with Crippen LogP contribution < -0.4 is 21.5 Å². The fourth-order valence-corrected chi connectivity index (χ4v) is 3.91. The number of Topliss-reactive ketones (excluding diaryl/α,β-unsaturated/α-hetero) is 1. The van der Waals surface area contributed by atoms with Crippen LogP contribution in [0.15, 0.2) is 46.1 Å². The maximum Gasteiger partial charge on any atom is 0.276 e. The van der Waals surface area contributed by atoms with Gasteiger partial charge in [0.25, 0.3) is 5.56 Å². The molecule has 0 spiro atoms. The molecule has 0 unspecified atom stereocenters. The molecule has 0 saturated carbocycles. The van der Waals surface area contributed by atoms with Gasteiger partial charge in [0, 0.05) is 68.8 Å². The summed E-state index contributed by atoms with van der Waals surface area (Å²) < 4.78 is 7.20. The Bertz CT molecular complexity index is 1250. The van der Waals surface area contributed by atoms with Gasteiger partial charge >= 0.3 is 0 Å². The summed E-state index contributed by atoms with van der Waals surface area (Å²) in [6.07, 6.45) is 6.79. The van der Waals surface area contributed by atoms with Gasteiger partial charge < -0.3 is 25.3 Å². The number of pyridine rings is 2. The number of nitrogens with two attached hydrogens (primary N) is 1. The number of amidine groups is 1. The molecule has 1 aliphatic rings. The Morgan fingerprint density at radius 1 is 1.42 bits per heavy atom. The average Bonchev–Trinajstić information content (AvgIpc) is 2.83. The van der Waals surface area contributed by atoms with Crippen molar-refractivity contribution in [3.05, 3.63) is 52.2 Å². The lowest BCUT2D eigenvalue weighted by Crippen LogP contribution is -2.44. The molecular weight excluding hydrogens is 460 g/mol. The normalized spacial score (nSPS) is 16.5. The van der Waals surface area contributed by atoms with Crippen molar-refractivity contribution in [2.75, 3.05) is 25.1 Å². The molecule has 3 rings (SSSR count). The zero-order chi connectivity index (χ0) is 26.5. The maximum absolute atomic E-state index is 12.9. The van der Waals surface area contributed by atoms with Crippen LogP contribution >= 0.6 is 0 Å². The average molecular weight is 495 g/mol. The van der Waals surface area contributed by atoms with Gasteiger partial charge in [-0.3, -0.25) is 14.4 Å². The van der Waals surface area contributed by atoms with E-state index in [0.717, 1.165) is 12.1 Å². The molecule has 1 fully saturated rings. The van der Waals surface area contributed by atoms with Crippen LogP contribution in [0.5, 0.6) is 0 Å². The molecule has 0 bridgehead atoms. The third-order valence-electron chi connectivity index (χ3n) is 5.83. The summed E-state index contributed by atoms with van der Waals surface area (Å²) in [4.78, 5) is 47.0. The molecule has 1 saturated heterocycles. The standard InChI is InChI=1S/C26H34N6O4/c1-6-7-19(34)12-21-20(8-9-28-24(21)32(5)16-33)17-10-22(25(35)31(4)13-17)30-23(27)11-18-14-36-26(2,3)15-29-18/h8-11,13,16,29H,6-7,12,14-15H2,1-5H3,(H2,27,30)/b18-11-. The van der Waals surface area contributed by atoms with E-state index >= 15 is 0 Å². The first-order valence-corrected chi connectivity index (χ1v) is 11.9. The van der Waals surface area contributed by atoms with Gasteiger partial charge in [-0.1, -0.05) is 6.92 Å². The lowest BCUT2D eigenvalue weighted by molar-refractivity contribution is -0.118. The number of morpholine rings is 1. The summed E-state index contributed by atoms with van der Waals surface area (Å²) in [5, 5.41) is 3.27. The lowest BCUT2D eigenvalue weighted by Gasteiger charge is -2.32. The number of ether oxygens (including phenoxy) is 1. The molecule has 1 aliphatic heterocycles. The molecule has 10 heteroatoms. The SMILES string of the molecule is CCCC(=O)Cc1c(-c2cc(N=C(N)/C=C3/COC(C)(C)CN3)c(=O)n(C)c2)ccnc1N(C)C=O. The minimum atomic E-state index is -0.322. The molecule has 10 nitrogen and oxygen atoms in total. The number of aliphatic imine (C=N–C) groups is 1. The quantitative estimate of drug-likeness (QED) is 0.310. The molecule has 3 heterocycles. The van der Waals surface area contributed by atoms with Crippen LogP contribution in [-0.4, -0.2) is 53.4 Å². The predicted molar refractivity (Wildman–Crippen MR) is 140 cm³/mol. The van der Waals surface area contributed by atoms with Crippen molar-refractivity contribution in [2.45, 2.75) is 45.6 Å². The molecule has 192 valence electrons. The van der Waals surface area contributed by atoms with Gasteiger partial charge in [0.2, 0.25) is 6.41 Å². The van der Waals surface area contributed by atoms with E-state index in [2.05, 4.69) is 15.3 Å². The second-order valence-electron chi connectivity index (χ2n) is 9.48. The zero-order valence-corrected chi connectivity index (χ0v) is 21.5. The lowest BCUT2D eigenvalue weighted by atomic mass is 9.96. The van der Waals surface area contributed by atoms with E-state index in [1.807, 2.05) is 20.8 Å². The first-order valence-electron chi connectivity index (χ1n) is 11.9. The van der Waals surface area contributed by atoms with Gasteiger partial charge in [-0.2, -0.15) is 0 Å². The molecule has 0 aliphatic carbocycles. The molecule has 1 amide bonds. The van der Waals surface area contributed by atoms with Crippen molar-refractivity contribution in [3.8, 4) is 11.1 Å². The minimum Gasteiger partial charge on any atom is -0.384 e. The van der Waals surface area contributed by atoms with E-state index in [1.54, 1.807) is 44.7 Å². The largest absolute Gasteiger partial charge is 0.384 e. The third kappa shape index (κ3) is 6.45. The number of hydrogen-bond acceptors (Lipinski definition) is 7. The van der Waals surface area contributed by atoms with Crippen molar-refractivity contribution < 1.29 is 14.3 Å². The molecule has 3 N–H and O–H groups in total. The number of aryl methyl sites for hydroxylation is 1. The van der Waals surface area contributed by atoms with Crippen LogP contribution in [0, 0.1) is 0 Å². The number of anilines is 1. The van der Waals surface area contributed by atoms with Crippen LogP contribution in [0.1, 0.15) is 39.2 Å². The first-order chi connectivity index (χ1) is 17.0. The Morgan fingerprint density at radius 2 is 2.17 bits per heavy atom. The number of aromatic nitrogens is 2. The topological polar surface area (TPSA) is 132 Å². The van der Waals surface area contributed by atoms with Crippen molar-refractivity contribution in [3.63, 3.8) is 0 Å². The van der Waals surface area contributed by atoms with Crippen LogP contribution in [-0.2, 0) is 27.8 Å². The predicted octanol–water partition coefficient (Wildman–Crippen LogP) is 2.22. The molecule has 0 radical (unpaired) electrons. The van der Waals surface area contributed by atoms with E-state index in [4.69, 9.17) is 10.5 Å². The molecule has 0 aromatic carbocycles. The Hall–Kier alpha value is -3.79. The molecule has 2 aromatic heterocycles. The molecular formula is C26H34N6O4. The number of ketones is 1. The van der Waals surface area contributed by atoms with Crippen molar-refractivity contribution in [2.24, 2.45) is 17.8 Å². The third-order valence-corrected chi connectivity index (χ3v) is 5.83. The summed E-state index contributed by atoms with van der Waals surface area (Å²) in [6.45, 7) is 6.91. The highest BCUT2D eigenvalue weighted by Gasteiger charge is 2.24. The number of nitrogens with one attached hydrogen (secondary N) is 1. The van der Waals surface area contributed by atoms with E-state index in [9.17, 15) is 14.4 Å². The number of rotatable bonds is 9. The summed E-state index contributed by atoms with van der Waals surface area (Å²) in [6, 6.07) is 3.40. The highest BCUT2D eigenvalue weighted by molar-refractivity contribution is 5.94. The minimum absolute atomic E-state index is 0.0385. The smallest absolute Gasteiger partial charge is 0.276 e. The van der Waals surface area contributed by atoms with Crippen molar-refractivity contribution in [1.29, 1.82) is 0 Å². The van der Waals surface area contributed by atoms with Gasteiger partial charge in [-0.05, 0) is 38.0 Å². The van der Waals surface area contributed by atoms with E-state index < -0.39 is 0 Å². The molecule has 36 heavy (non-hydrogen) atoms. The van der Waals surface area contributed by atoms with Gasteiger partial charge in [-0.25, -0.2) is 9.98 Å². The Morgan fingerprint density at radius 3 is 2.81 bits per heavy atom. The first kappa shape index (κ1) is 26.8. The summed E-state index contributed by atoms with van der Waals surface area (Å²) in [5.74, 6) is 0.586. The van der Waals surface area contributed by atoms with Crippen LogP contribution in [0.25, 0.3) is 11.1 Å². The van der Waals surface area contributed by atoms with Gasteiger partial charge in [0.05, 0.1) is 12.2 Å². The van der Waals surface area contributed by atoms with Crippen LogP contribution in [0.4, 0.5) is 11.5 Å². The summed E-state index contributed by atoms with van der Waals surface area (Å²) in [7, 11) is 3.21. The van der Waals surface area contributed by atoms with E-state index in [1.165, 1.54) is 9.47 Å². The summed E-state index contributed by atoms with van der Waals surface area (Å²) in [5.41, 5.74) is 8.43. The van der Waals surface area contributed by atoms with Crippen LogP contribution in [0.2, 0.25) is 0 Å². The number of carbonyl (C=O) groups is 2. The fraction of sp³-hybridized carbons (Fsp3) is 0.423.